The minimum atomic E-state index is -0.189. The Labute approximate surface area is 163 Å². The largest absolute Gasteiger partial charge is 0.484 e. The van der Waals surface area contributed by atoms with Crippen LogP contribution >= 0.6 is 34.5 Å². The standard InChI is InChI=1S/C19H12Cl2N2O2S/c20-12-6-7-14(21)15(8-12)25-9-16-22-18(24)17-13(10-26-19(17)23-16)11-4-2-1-3-5-11/h1-8,10H,9H2,(H,22,23,24). The molecule has 4 aromatic rings. The van der Waals surface area contributed by atoms with Crippen molar-refractivity contribution >= 4 is 44.8 Å². The summed E-state index contributed by atoms with van der Waals surface area (Å²) >= 11 is 13.5. The van der Waals surface area contributed by atoms with Crippen LogP contribution in [0.25, 0.3) is 21.3 Å². The molecule has 130 valence electrons. The molecule has 0 saturated heterocycles. The Morgan fingerprint density at radius 1 is 1.12 bits per heavy atom. The van der Waals surface area contributed by atoms with Gasteiger partial charge in [0, 0.05) is 22.0 Å². The van der Waals surface area contributed by atoms with Crippen LogP contribution in [0.1, 0.15) is 5.82 Å². The molecule has 4 nitrogen and oxygen atoms in total. The van der Waals surface area contributed by atoms with Crippen molar-refractivity contribution in [1.29, 1.82) is 0 Å². The lowest BCUT2D eigenvalue weighted by molar-refractivity contribution is 0.296. The molecule has 0 fully saturated rings. The number of fused-ring (bicyclic) bond motifs is 1. The van der Waals surface area contributed by atoms with Gasteiger partial charge in [0.25, 0.3) is 5.56 Å². The van der Waals surface area contributed by atoms with Crippen molar-refractivity contribution in [3.8, 4) is 16.9 Å². The van der Waals surface area contributed by atoms with Crippen molar-refractivity contribution in [2.45, 2.75) is 6.61 Å². The second-order valence-corrected chi connectivity index (χ2v) is 7.27. The van der Waals surface area contributed by atoms with Gasteiger partial charge in [-0.05, 0) is 17.7 Å². The van der Waals surface area contributed by atoms with Crippen molar-refractivity contribution < 1.29 is 4.74 Å². The molecule has 26 heavy (non-hydrogen) atoms. The van der Waals surface area contributed by atoms with Crippen molar-refractivity contribution in [3.63, 3.8) is 0 Å². The molecule has 0 aliphatic rings. The molecule has 0 saturated carbocycles. The number of nitrogens with one attached hydrogen (secondary N) is 1. The molecule has 2 heterocycles. The van der Waals surface area contributed by atoms with Crippen molar-refractivity contribution in [2.75, 3.05) is 0 Å². The van der Waals surface area contributed by atoms with E-state index in [9.17, 15) is 4.79 Å². The van der Waals surface area contributed by atoms with E-state index in [-0.39, 0.29) is 12.2 Å². The molecule has 2 aromatic heterocycles. The number of hydrogen-bond acceptors (Lipinski definition) is 4. The molecular formula is C19H12Cl2N2O2S. The summed E-state index contributed by atoms with van der Waals surface area (Å²) in [7, 11) is 0. The molecular weight excluding hydrogens is 391 g/mol. The summed E-state index contributed by atoms with van der Waals surface area (Å²) in [5.41, 5.74) is 1.68. The highest BCUT2D eigenvalue weighted by Crippen LogP contribution is 2.31. The number of ether oxygens (including phenoxy) is 1. The first-order chi connectivity index (χ1) is 12.6. The summed E-state index contributed by atoms with van der Waals surface area (Å²) < 4.78 is 5.65. The van der Waals surface area contributed by atoms with Crippen molar-refractivity contribution in [1.82, 2.24) is 9.97 Å². The van der Waals surface area contributed by atoms with E-state index in [1.807, 2.05) is 35.7 Å². The molecule has 4 rings (SSSR count). The maximum atomic E-state index is 12.6. The van der Waals surface area contributed by atoms with Crippen LogP contribution in [-0.2, 0) is 6.61 Å². The Morgan fingerprint density at radius 3 is 2.73 bits per heavy atom. The van der Waals surface area contributed by atoms with Crippen molar-refractivity contribution in [2.24, 2.45) is 0 Å². The molecule has 2 aromatic carbocycles. The third-order valence-corrected chi connectivity index (χ3v) is 5.26. The number of hydrogen-bond donors (Lipinski definition) is 1. The second kappa shape index (κ2) is 7.11. The van der Waals surface area contributed by atoms with Crippen molar-refractivity contribution in [3.05, 3.63) is 80.1 Å². The zero-order valence-electron chi connectivity index (χ0n) is 13.3. The van der Waals surface area contributed by atoms with E-state index in [1.165, 1.54) is 11.3 Å². The molecule has 0 aliphatic heterocycles. The van der Waals surface area contributed by atoms with E-state index in [4.69, 9.17) is 27.9 Å². The van der Waals surface area contributed by atoms with Gasteiger partial charge < -0.3 is 9.72 Å². The summed E-state index contributed by atoms with van der Waals surface area (Å²) in [4.78, 5) is 20.6. The van der Waals surface area contributed by atoms with Crippen LogP contribution in [0.5, 0.6) is 5.75 Å². The molecule has 0 spiro atoms. The summed E-state index contributed by atoms with van der Waals surface area (Å²) in [6.45, 7) is 0.0871. The predicted molar refractivity (Wildman–Crippen MR) is 106 cm³/mol. The fourth-order valence-corrected chi connectivity index (χ4v) is 3.93. The van der Waals surface area contributed by atoms with Gasteiger partial charge in [-0.25, -0.2) is 4.98 Å². The third-order valence-electron chi connectivity index (χ3n) is 3.84. The number of benzene rings is 2. The minimum absolute atomic E-state index is 0.0871. The van der Waals surface area contributed by atoms with Gasteiger partial charge in [0.1, 0.15) is 23.0 Å². The second-order valence-electron chi connectivity index (χ2n) is 5.57. The van der Waals surface area contributed by atoms with Crippen LogP contribution in [0.2, 0.25) is 10.0 Å². The van der Waals surface area contributed by atoms with E-state index in [2.05, 4.69) is 9.97 Å². The topological polar surface area (TPSA) is 55.0 Å². The van der Waals surface area contributed by atoms with Gasteiger partial charge in [-0.3, -0.25) is 4.79 Å². The van der Waals surface area contributed by atoms with E-state index in [0.29, 0.717) is 31.8 Å². The quantitative estimate of drug-likeness (QED) is 0.487. The number of rotatable bonds is 4. The molecule has 1 N–H and O–H groups in total. The summed E-state index contributed by atoms with van der Waals surface area (Å²) in [5, 5.41) is 3.50. The van der Waals surface area contributed by atoms with Crippen LogP contribution in [0.4, 0.5) is 0 Å². The average molecular weight is 403 g/mol. The van der Waals surface area contributed by atoms with E-state index in [0.717, 1.165) is 11.1 Å². The van der Waals surface area contributed by atoms with E-state index < -0.39 is 0 Å². The van der Waals surface area contributed by atoms with Crippen LogP contribution in [-0.4, -0.2) is 9.97 Å². The van der Waals surface area contributed by atoms with Gasteiger partial charge in [0.2, 0.25) is 0 Å². The molecule has 0 radical (unpaired) electrons. The van der Waals surface area contributed by atoms with E-state index in [1.54, 1.807) is 18.2 Å². The Morgan fingerprint density at radius 2 is 1.92 bits per heavy atom. The maximum absolute atomic E-state index is 12.6. The molecule has 7 heteroatoms. The molecule has 0 unspecified atom stereocenters. The Kier molecular flexibility index (Phi) is 4.68. The molecule has 0 amide bonds. The number of aromatic nitrogens is 2. The third kappa shape index (κ3) is 3.33. The highest BCUT2D eigenvalue weighted by molar-refractivity contribution is 7.17. The van der Waals surface area contributed by atoms with Gasteiger partial charge >= 0.3 is 0 Å². The van der Waals surface area contributed by atoms with Crippen LogP contribution < -0.4 is 10.3 Å². The van der Waals surface area contributed by atoms with Crippen LogP contribution in [0, 0.1) is 0 Å². The Bertz CT molecular complexity index is 1140. The summed E-state index contributed by atoms with van der Waals surface area (Å²) in [6.07, 6.45) is 0. The lowest BCUT2D eigenvalue weighted by Gasteiger charge is -2.08. The van der Waals surface area contributed by atoms with Crippen LogP contribution in [0.15, 0.2) is 58.7 Å². The van der Waals surface area contributed by atoms with Gasteiger partial charge in [0.05, 0.1) is 10.4 Å². The normalized spacial score (nSPS) is 11.0. The number of thiophene rings is 1. The van der Waals surface area contributed by atoms with Crippen LogP contribution in [0.3, 0.4) is 0 Å². The first-order valence-electron chi connectivity index (χ1n) is 7.75. The summed E-state index contributed by atoms with van der Waals surface area (Å²) in [5.74, 6) is 0.873. The number of H-pyrrole nitrogens is 1. The SMILES string of the molecule is O=c1[nH]c(COc2cc(Cl)ccc2Cl)nc2scc(-c3ccccc3)c12. The van der Waals surface area contributed by atoms with Gasteiger partial charge in [-0.15, -0.1) is 11.3 Å². The lowest BCUT2D eigenvalue weighted by Crippen LogP contribution is -2.13. The minimum Gasteiger partial charge on any atom is -0.484 e. The lowest BCUT2D eigenvalue weighted by atomic mass is 10.1. The highest BCUT2D eigenvalue weighted by Gasteiger charge is 2.13. The number of aromatic amines is 1. The predicted octanol–water partition coefficient (Wildman–Crippen LogP) is 5.54. The zero-order chi connectivity index (χ0) is 18.1. The maximum Gasteiger partial charge on any atom is 0.260 e. The number of nitrogens with zero attached hydrogens (tertiary/aromatic N) is 1. The summed E-state index contributed by atoms with van der Waals surface area (Å²) in [6, 6.07) is 14.7. The highest BCUT2D eigenvalue weighted by atomic mass is 35.5. The average Bonchev–Trinajstić information content (AvgIpc) is 3.08. The first kappa shape index (κ1) is 17.1. The Hall–Kier alpha value is -2.34. The smallest absolute Gasteiger partial charge is 0.260 e. The van der Waals surface area contributed by atoms with E-state index >= 15 is 0 Å². The fraction of sp³-hybridized carbons (Fsp3) is 0.0526. The molecule has 0 aliphatic carbocycles. The fourth-order valence-electron chi connectivity index (χ4n) is 2.63. The molecule has 0 bridgehead atoms. The number of halogens is 2. The van der Waals surface area contributed by atoms with Gasteiger partial charge in [-0.2, -0.15) is 0 Å². The van der Waals surface area contributed by atoms with Gasteiger partial charge in [-0.1, -0.05) is 53.5 Å². The molecule has 0 atom stereocenters. The Balaban J connectivity index is 1.66. The monoisotopic (exact) mass is 402 g/mol. The zero-order valence-corrected chi connectivity index (χ0v) is 15.7. The first-order valence-corrected chi connectivity index (χ1v) is 9.39. The van der Waals surface area contributed by atoms with Gasteiger partial charge in [0.15, 0.2) is 0 Å².